The summed E-state index contributed by atoms with van der Waals surface area (Å²) in [6.45, 7) is 9.77. The molecule has 0 unspecified atom stereocenters. The van der Waals surface area contributed by atoms with Gasteiger partial charge < -0.3 is 10.6 Å². The van der Waals surface area contributed by atoms with E-state index in [1.54, 1.807) is 0 Å². The summed E-state index contributed by atoms with van der Waals surface area (Å²) in [7, 11) is 0. The summed E-state index contributed by atoms with van der Waals surface area (Å²) in [4.78, 5) is 0. The zero-order chi connectivity index (χ0) is 16.0. The molecule has 2 heteroatoms. The van der Waals surface area contributed by atoms with Crippen molar-refractivity contribution in [1.29, 1.82) is 0 Å². The molecule has 0 bridgehead atoms. The van der Waals surface area contributed by atoms with Crippen molar-refractivity contribution < 1.29 is 0 Å². The number of rotatable bonds is 9. The molecule has 1 aliphatic rings. The lowest BCUT2D eigenvalue weighted by Gasteiger charge is -2.21. The highest BCUT2D eigenvalue weighted by Gasteiger charge is 2.09. The van der Waals surface area contributed by atoms with Gasteiger partial charge in [0.05, 0.1) is 0 Å². The first kappa shape index (κ1) is 19.4. The van der Waals surface area contributed by atoms with Gasteiger partial charge in [-0.25, -0.2) is 0 Å². The maximum Gasteiger partial charge on any atom is 0.0137 e. The summed E-state index contributed by atoms with van der Waals surface area (Å²) in [5.41, 5.74) is 2.92. The second-order valence-electron chi connectivity index (χ2n) is 7.07. The van der Waals surface area contributed by atoms with Gasteiger partial charge >= 0.3 is 0 Å². The third kappa shape index (κ3) is 11.0. The molecule has 0 amide bonds. The molecule has 22 heavy (non-hydrogen) atoms. The molecule has 0 aromatic heterocycles. The Morgan fingerprint density at radius 3 is 2.27 bits per heavy atom. The van der Waals surface area contributed by atoms with Gasteiger partial charge in [-0.1, -0.05) is 55.4 Å². The molecule has 2 N–H and O–H groups in total. The van der Waals surface area contributed by atoms with Crippen LogP contribution >= 0.6 is 0 Å². The number of nitrogens with one attached hydrogen (secondary N) is 2. The Morgan fingerprint density at radius 1 is 0.909 bits per heavy atom. The molecule has 128 valence electrons. The van der Waals surface area contributed by atoms with Gasteiger partial charge in [0.2, 0.25) is 0 Å². The molecule has 0 aromatic rings. The van der Waals surface area contributed by atoms with Crippen molar-refractivity contribution in [2.45, 2.75) is 84.6 Å². The normalized spacial score (nSPS) is 17.9. The molecule has 1 saturated carbocycles. The van der Waals surface area contributed by atoms with Crippen LogP contribution in [0.1, 0.15) is 78.6 Å². The molecule has 0 spiro atoms. The van der Waals surface area contributed by atoms with E-state index < -0.39 is 0 Å². The Hall–Kier alpha value is -0.600. The van der Waals surface area contributed by atoms with Crippen LogP contribution in [0.25, 0.3) is 0 Å². The molecule has 0 atom stereocenters. The molecule has 1 rings (SSSR count). The van der Waals surface area contributed by atoms with Crippen LogP contribution in [0.2, 0.25) is 0 Å². The number of hydrogen-bond donors (Lipinski definition) is 2. The Kier molecular flexibility index (Phi) is 11.4. The van der Waals surface area contributed by atoms with Crippen molar-refractivity contribution in [1.82, 2.24) is 10.6 Å². The van der Waals surface area contributed by atoms with E-state index in [0.717, 1.165) is 25.7 Å². The second kappa shape index (κ2) is 12.9. The lowest BCUT2D eigenvalue weighted by atomic mass is 9.97. The van der Waals surface area contributed by atoms with Gasteiger partial charge in [0.1, 0.15) is 0 Å². The average molecular weight is 307 g/mol. The first-order valence-corrected chi connectivity index (χ1v) is 9.41. The van der Waals surface area contributed by atoms with Gasteiger partial charge in [0.25, 0.3) is 0 Å². The maximum atomic E-state index is 3.73. The fourth-order valence-corrected chi connectivity index (χ4v) is 3.06. The van der Waals surface area contributed by atoms with Crippen molar-refractivity contribution in [3.63, 3.8) is 0 Å². The Balaban J connectivity index is 2.00. The van der Waals surface area contributed by atoms with Crippen molar-refractivity contribution in [3.05, 3.63) is 23.3 Å². The van der Waals surface area contributed by atoms with Crippen LogP contribution in [0.15, 0.2) is 23.3 Å². The summed E-state index contributed by atoms with van der Waals surface area (Å²) in [5, 5.41) is 7.26. The van der Waals surface area contributed by atoms with Crippen molar-refractivity contribution in [3.8, 4) is 0 Å². The SMILES string of the molecule is CC(C)=CCC/C(C)=C/CNCCNC1CCCCCCC1. The van der Waals surface area contributed by atoms with Crippen LogP contribution in [-0.2, 0) is 0 Å². The van der Waals surface area contributed by atoms with E-state index in [2.05, 4.69) is 43.6 Å². The topological polar surface area (TPSA) is 24.1 Å². The highest BCUT2D eigenvalue weighted by molar-refractivity contribution is 5.02. The largest absolute Gasteiger partial charge is 0.313 e. The molecular weight excluding hydrogens is 268 g/mol. The van der Waals surface area contributed by atoms with E-state index in [1.165, 1.54) is 68.9 Å². The zero-order valence-electron chi connectivity index (χ0n) is 15.2. The average Bonchev–Trinajstić information content (AvgIpc) is 2.44. The minimum atomic E-state index is 0.767. The summed E-state index contributed by atoms with van der Waals surface area (Å²) in [6, 6.07) is 0.767. The summed E-state index contributed by atoms with van der Waals surface area (Å²) in [5.74, 6) is 0. The molecule has 0 heterocycles. The van der Waals surface area contributed by atoms with E-state index in [1.807, 2.05) is 0 Å². The highest BCUT2D eigenvalue weighted by Crippen LogP contribution is 2.16. The first-order valence-electron chi connectivity index (χ1n) is 9.41. The quantitative estimate of drug-likeness (QED) is 0.464. The van der Waals surface area contributed by atoms with E-state index in [0.29, 0.717) is 0 Å². The van der Waals surface area contributed by atoms with E-state index in [4.69, 9.17) is 0 Å². The van der Waals surface area contributed by atoms with Crippen molar-refractivity contribution >= 4 is 0 Å². The predicted molar refractivity (Wildman–Crippen MR) is 99.4 cm³/mol. The van der Waals surface area contributed by atoms with Gasteiger partial charge in [0, 0.05) is 25.7 Å². The third-order valence-corrected chi connectivity index (χ3v) is 4.53. The smallest absolute Gasteiger partial charge is 0.0137 e. The second-order valence-corrected chi connectivity index (χ2v) is 7.07. The molecule has 0 aromatic carbocycles. The van der Waals surface area contributed by atoms with E-state index in [-0.39, 0.29) is 0 Å². The number of allylic oxidation sites excluding steroid dienone is 3. The third-order valence-electron chi connectivity index (χ3n) is 4.53. The van der Waals surface area contributed by atoms with E-state index in [9.17, 15) is 0 Å². The van der Waals surface area contributed by atoms with Crippen LogP contribution in [0, 0.1) is 0 Å². The van der Waals surface area contributed by atoms with Crippen molar-refractivity contribution in [2.75, 3.05) is 19.6 Å². The fourth-order valence-electron chi connectivity index (χ4n) is 3.06. The Labute approximate surface area is 138 Å². The zero-order valence-corrected chi connectivity index (χ0v) is 15.2. The summed E-state index contributed by atoms with van der Waals surface area (Å²) >= 11 is 0. The van der Waals surface area contributed by atoms with Gasteiger partial charge in [-0.05, 0) is 46.5 Å². The van der Waals surface area contributed by atoms with Gasteiger partial charge in [-0.15, -0.1) is 0 Å². The van der Waals surface area contributed by atoms with Gasteiger partial charge in [0.15, 0.2) is 0 Å². The molecule has 1 fully saturated rings. The molecule has 0 saturated heterocycles. The Morgan fingerprint density at radius 2 is 1.59 bits per heavy atom. The van der Waals surface area contributed by atoms with Gasteiger partial charge in [-0.2, -0.15) is 0 Å². The molecular formula is C20H38N2. The monoisotopic (exact) mass is 306 g/mol. The molecule has 0 radical (unpaired) electrons. The lowest BCUT2D eigenvalue weighted by Crippen LogP contribution is -2.35. The van der Waals surface area contributed by atoms with Crippen LogP contribution < -0.4 is 10.6 Å². The van der Waals surface area contributed by atoms with Crippen LogP contribution in [0.4, 0.5) is 0 Å². The van der Waals surface area contributed by atoms with Crippen LogP contribution in [-0.4, -0.2) is 25.7 Å². The van der Waals surface area contributed by atoms with Crippen molar-refractivity contribution in [2.24, 2.45) is 0 Å². The standard InChI is InChI=1S/C20H38N2/c1-18(2)10-9-11-19(3)14-15-21-16-17-22-20-12-7-5-4-6-8-13-20/h10,14,20-22H,4-9,11-13,15-17H2,1-3H3/b19-14+. The molecule has 0 aliphatic heterocycles. The first-order chi connectivity index (χ1) is 10.7. The summed E-state index contributed by atoms with van der Waals surface area (Å²) in [6.07, 6.45) is 16.9. The number of hydrogen-bond acceptors (Lipinski definition) is 2. The molecule has 2 nitrogen and oxygen atoms in total. The fraction of sp³-hybridized carbons (Fsp3) is 0.800. The predicted octanol–water partition coefficient (Wildman–Crippen LogP) is 4.97. The molecule has 1 aliphatic carbocycles. The Bertz CT molecular complexity index is 319. The van der Waals surface area contributed by atoms with E-state index >= 15 is 0 Å². The van der Waals surface area contributed by atoms with Crippen LogP contribution in [0.3, 0.4) is 0 Å². The van der Waals surface area contributed by atoms with Gasteiger partial charge in [-0.3, -0.25) is 0 Å². The lowest BCUT2D eigenvalue weighted by molar-refractivity contribution is 0.390. The van der Waals surface area contributed by atoms with Crippen LogP contribution in [0.5, 0.6) is 0 Å². The minimum absolute atomic E-state index is 0.767. The minimum Gasteiger partial charge on any atom is -0.313 e. The highest BCUT2D eigenvalue weighted by atomic mass is 15.0. The summed E-state index contributed by atoms with van der Waals surface area (Å²) < 4.78 is 0. The maximum absolute atomic E-state index is 3.73.